The Morgan fingerprint density at radius 1 is 0.507 bits per heavy atom. The first-order chi connectivity index (χ1) is 35.0. The fraction of sp³-hybridized carbons (Fsp3) is 0.812. The van der Waals surface area contributed by atoms with Crippen molar-refractivity contribution in [2.45, 2.75) is 32.3 Å². The van der Waals surface area contributed by atoms with Crippen molar-refractivity contribution in [2.24, 2.45) is 0 Å². The Hall–Kier alpha value is -3.39. The third-order valence-corrected chi connectivity index (χ3v) is 9.09. The van der Waals surface area contributed by atoms with Crippen LogP contribution in [0.5, 0.6) is 11.5 Å². The number of rotatable bonds is 56. The molecular weight excluding hydrogens is 943 g/mol. The molecule has 0 heterocycles. The minimum Gasteiger partial charge on any atom is -0.488 e. The standard InChI is InChI=1S/C48H83NO22/c1-5-6-7-8-46(50)71-43(2)44-9-10-45(48(54-4)47(44)49(51)52)70-42-41-69-40-39-68-38-37-67-36-35-66-34-33-65-32-31-64-30-29-63-28-27-62-26-25-61-24-23-60-22-21-59-20-19-58-18-17-57-16-15-56-14-13-55-12-11-53-3/h1,9-10,43H,6-8,11-42H2,2-4H3. The monoisotopic (exact) mass is 1030 g/mol. The first kappa shape index (κ1) is 65.6. The zero-order valence-corrected chi connectivity index (χ0v) is 42.5. The van der Waals surface area contributed by atoms with Gasteiger partial charge in [-0.3, -0.25) is 14.9 Å². The Kier molecular flexibility index (Phi) is 47.6. The summed E-state index contributed by atoms with van der Waals surface area (Å²) in [6, 6.07) is 3.01. The number of ether oxygens (including phenoxy) is 19. The van der Waals surface area contributed by atoms with Gasteiger partial charge in [-0.05, 0) is 25.5 Å². The molecule has 1 rings (SSSR count). The number of nitro groups is 1. The largest absolute Gasteiger partial charge is 0.488 e. The van der Waals surface area contributed by atoms with Gasteiger partial charge in [-0.1, -0.05) is 0 Å². The Bertz CT molecular complexity index is 1410. The lowest BCUT2D eigenvalue weighted by Gasteiger charge is -2.17. The molecule has 71 heavy (non-hydrogen) atoms. The summed E-state index contributed by atoms with van der Waals surface area (Å²) in [4.78, 5) is 23.5. The summed E-state index contributed by atoms with van der Waals surface area (Å²) in [7, 11) is 2.94. The van der Waals surface area contributed by atoms with Crippen molar-refractivity contribution in [2.75, 3.05) is 226 Å². The predicted molar refractivity (Wildman–Crippen MR) is 256 cm³/mol. The van der Waals surface area contributed by atoms with Gasteiger partial charge in [-0.15, -0.1) is 12.3 Å². The Balaban J connectivity index is 1.79. The SMILES string of the molecule is C#CCCCC(=O)OC(C)c1ccc(OCCOCCOCCOCCOCCOCCOCCOCCOCCOCCOCCOCCOCCOCCOCCOCCOC)c(OC)c1[N+](=O)[O-]. The average molecular weight is 1030 g/mol. The second-order valence-electron chi connectivity index (χ2n) is 14.5. The highest BCUT2D eigenvalue weighted by molar-refractivity contribution is 5.70. The molecule has 23 nitrogen and oxygen atoms in total. The number of hydrogen-bond donors (Lipinski definition) is 0. The summed E-state index contributed by atoms with van der Waals surface area (Å²) in [5.74, 6) is 2.04. The van der Waals surface area contributed by atoms with Crippen LogP contribution in [-0.4, -0.2) is 237 Å². The number of benzene rings is 1. The highest BCUT2D eigenvalue weighted by Gasteiger charge is 2.30. The summed E-state index contributed by atoms with van der Waals surface area (Å²) in [6.45, 7) is 16.1. The molecule has 0 amide bonds. The second kappa shape index (κ2) is 51.5. The first-order valence-corrected chi connectivity index (χ1v) is 24.2. The van der Waals surface area contributed by atoms with Crippen LogP contribution in [0.25, 0.3) is 0 Å². The van der Waals surface area contributed by atoms with Crippen LogP contribution in [0, 0.1) is 22.5 Å². The number of hydrogen-bond acceptors (Lipinski definition) is 22. The van der Waals surface area contributed by atoms with Gasteiger partial charge in [0, 0.05) is 20.0 Å². The Labute approximate surface area is 420 Å². The van der Waals surface area contributed by atoms with E-state index < -0.39 is 17.0 Å². The maximum absolute atomic E-state index is 12.1. The lowest BCUT2D eigenvalue weighted by atomic mass is 10.1. The molecule has 1 aromatic rings. The van der Waals surface area contributed by atoms with E-state index in [1.165, 1.54) is 19.2 Å². The maximum atomic E-state index is 12.1. The molecule has 23 heteroatoms. The zero-order chi connectivity index (χ0) is 51.3. The molecule has 1 unspecified atom stereocenters. The third-order valence-electron chi connectivity index (χ3n) is 9.09. The molecule has 0 saturated heterocycles. The normalized spacial score (nSPS) is 11.7. The topological polar surface area (TPSA) is 236 Å². The van der Waals surface area contributed by atoms with Gasteiger partial charge in [0.2, 0.25) is 5.75 Å². The number of methoxy groups -OCH3 is 2. The lowest BCUT2D eigenvalue weighted by Crippen LogP contribution is -2.16. The number of carbonyl (C=O) groups is 1. The molecule has 0 N–H and O–H groups in total. The fourth-order valence-electron chi connectivity index (χ4n) is 5.58. The molecule has 0 fully saturated rings. The smallest absolute Gasteiger partial charge is 0.321 e. The van der Waals surface area contributed by atoms with Crippen LogP contribution in [0.1, 0.15) is 37.9 Å². The van der Waals surface area contributed by atoms with E-state index in [0.29, 0.717) is 211 Å². The molecule has 1 atom stereocenters. The van der Waals surface area contributed by atoms with E-state index in [1.807, 2.05) is 0 Å². The van der Waals surface area contributed by atoms with Gasteiger partial charge < -0.3 is 90.0 Å². The average Bonchev–Trinajstić information content (AvgIpc) is 3.36. The van der Waals surface area contributed by atoms with Gasteiger partial charge in [-0.25, -0.2) is 0 Å². The molecule has 0 spiro atoms. The molecule has 0 aliphatic carbocycles. The van der Waals surface area contributed by atoms with Crippen molar-refractivity contribution < 1.29 is 99.7 Å². The summed E-state index contributed by atoms with van der Waals surface area (Å²) in [5.41, 5.74) is -0.159. The molecule has 0 aliphatic rings. The van der Waals surface area contributed by atoms with Gasteiger partial charge in [0.15, 0.2) is 5.75 Å². The van der Waals surface area contributed by atoms with Crippen molar-refractivity contribution in [3.05, 3.63) is 27.8 Å². The van der Waals surface area contributed by atoms with E-state index in [9.17, 15) is 14.9 Å². The van der Waals surface area contributed by atoms with E-state index in [-0.39, 0.29) is 42.4 Å². The summed E-state index contributed by atoms with van der Waals surface area (Å²) in [5, 5.41) is 11.9. The number of nitrogens with zero attached hydrogens (tertiary/aromatic N) is 1. The summed E-state index contributed by atoms with van der Waals surface area (Å²) < 4.78 is 103. The van der Waals surface area contributed by atoms with Gasteiger partial charge in [0.1, 0.15) is 12.7 Å². The molecule has 1 aromatic carbocycles. The molecular formula is C48H83NO22. The third kappa shape index (κ3) is 40.7. The molecule has 0 radical (unpaired) electrons. The predicted octanol–water partition coefficient (Wildman–Crippen LogP) is 3.29. The van der Waals surface area contributed by atoms with Crippen LogP contribution >= 0.6 is 0 Å². The van der Waals surface area contributed by atoms with E-state index in [4.69, 9.17) is 96.4 Å². The minimum atomic E-state index is -0.883. The van der Waals surface area contributed by atoms with Crippen molar-refractivity contribution in [1.29, 1.82) is 0 Å². The highest BCUT2D eigenvalue weighted by atomic mass is 16.6. The molecule has 0 bridgehead atoms. The summed E-state index contributed by atoms with van der Waals surface area (Å²) in [6.07, 6.45) is 5.35. The van der Waals surface area contributed by atoms with Crippen molar-refractivity contribution in [1.82, 2.24) is 0 Å². The summed E-state index contributed by atoms with van der Waals surface area (Å²) >= 11 is 0. The number of terminal acetylenes is 1. The van der Waals surface area contributed by atoms with Crippen molar-refractivity contribution >= 4 is 11.7 Å². The Morgan fingerprint density at radius 2 is 0.803 bits per heavy atom. The molecule has 0 saturated carbocycles. The van der Waals surface area contributed by atoms with E-state index in [2.05, 4.69) is 5.92 Å². The quantitative estimate of drug-likeness (QED) is 0.0299. The maximum Gasteiger partial charge on any atom is 0.321 e. The second-order valence-corrected chi connectivity index (χ2v) is 14.5. The number of esters is 1. The molecule has 412 valence electrons. The molecule has 0 aromatic heterocycles. The zero-order valence-electron chi connectivity index (χ0n) is 42.5. The lowest BCUT2D eigenvalue weighted by molar-refractivity contribution is -0.387. The molecule has 0 aliphatic heterocycles. The van der Waals surface area contributed by atoms with Crippen LogP contribution in [0.15, 0.2) is 12.1 Å². The number of nitro benzene ring substituents is 1. The fourth-order valence-corrected chi connectivity index (χ4v) is 5.58. The Morgan fingerprint density at radius 3 is 1.07 bits per heavy atom. The number of unbranched alkanes of at least 4 members (excludes halogenated alkanes) is 1. The van der Waals surface area contributed by atoms with Crippen molar-refractivity contribution in [3.63, 3.8) is 0 Å². The van der Waals surface area contributed by atoms with E-state index in [0.717, 1.165) is 0 Å². The van der Waals surface area contributed by atoms with Crippen molar-refractivity contribution in [3.8, 4) is 23.8 Å². The van der Waals surface area contributed by atoms with Gasteiger partial charge in [0.05, 0.1) is 222 Å². The minimum absolute atomic E-state index is 0.0749. The van der Waals surface area contributed by atoms with E-state index in [1.54, 1.807) is 14.0 Å². The van der Waals surface area contributed by atoms with Crippen LogP contribution in [0.3, 0.4) is 0 Å². The van der Waals surface area contributed by atoms with Crippen LogP contribution in [0.2, 0.25) is 0 Å². The van der Waals surface area contributed by atoms with Gasteiger partial charge in [-0.2, -0.15) is 0 Å². The van der Waals surface area contributed by atoms with Gasteiger partial charge >= 0.3 is 11.7 Å². The first-order valence-electron chi connectivity index (χ1n) is 24.2. The van der Waals surface area contributed by atoms with Crippen LogP contribution < -0.4 is 9.47 Å². The van der Waals surface area contributed by atoms with Crippen LogP contribution in [-0.2, 0) is 85.3 Å². The van der Waals surface area contributed by atoms with Gasteiger partial charge in [0.25, 0.3) is 0 Å². The number of carbonyl (C=O) groups excluding carboxylic acids is 1. The highest BCUT2D eigenvalue weighted by Crippen LogP contribution is 2.42. The van der Waals surface area contributed by atoms with Crippen LogP contribution in [0.4, 0.5) is 5.69 Å². The van der Waals surface area contributed by atoms with E-state index >= 15 is 0 Å².